The number of hydrogen-bond acceptors (Lipinski definition) is 6. The number of aliphatic hydroxyl groups excluding tert-OH is 1. The lowest BCUT2D eigenvalue weighted by atomic mass is 9.94. The number of nitrogens with zero attached hydrogens (tertiary/aromatic N) is 3. The highest BCUT2D eigenvalue weighted by atomic mass is 32.1. The molecule has 1 atom stereocenters. The predicted molar refractivity (Wildman–Crippen MR) is 112 cm³/mol. The van der Waals surface area contributed by atoms with Gasteiger partial charge < -0.3 is 5.11 Å². The minimum Gasteiger partial charge on any atom is -0.507 e. The molecule has 3 aromatic rings. The van der Waals surface area contributed by atoms with Crippen LogP contribution in [-0.2, 0) is 9.59 Å². The lowest BCUT2D eigenvalue weighted by Crippen LogP contribution is -2.29. The summed E-state index contributed by atoms with van der Waals surface area (Å²) in [6, 6.07) is 13.9. The molecule has 2 aromatic carbocycles. The van der Waals surface area contributed by atoms with Gasteiger partial charge in [0.05, 0.1) is 11.6 Å². The number of Topliss-reactive ketones (excluding diaryl/α,β-unsaturated/α-hetero) is 1. The molecule has 1 saturated heterocycles. The van der Waals surface area contributed by atoms with Crippen LogP contribution in [0.5, 0.6) is 0 Å². The summed E-state index contributed by atoms with van der Waals surface area (Å²) >= 11 is 1.23. The number of aliphatic hydroxyl groups is 1. The Kier molecular flexibility index (Phi) is 4.76. The lowest BCUT2D eigenvalue weighted by Gasteiger charge is -2.22. The first-order valence-electron chi connectivity index (χ1n) is 9.11. The number of hydrogen-bond donors (Lipinski definition) is 1. The molecule has 4 rings (SSSR count). The molecule has 29 heavy (non-hydrogen) atoms. The van der Waals surface area contributed by atoms with E-state index in [2.05, 4.69) is 10.2 Å². The molecule has 0 bridgehead atoms. The summed E-state index contributed by atoms with van der Waals surface area (Å²) in [6.07, 6.45) is 0. The van der Waals surface area contributed by atoms with Crippen LogP contribution in [0.25, 0.3) is 5.76 Å². The fourth-order valence-electron chi connectivity index (χ4n) is 3.34. The zero-order valence-electron chi connectivity index (χ0n) is 16.2. The minimum absolute atomic E-state index is 0.0514. The van der Waals surface area contributed by atoms with Crippen LogP contribution >= 0.6 is 11.3 Å². The number of benzene rings is 2. The second-order valence-corrected chi connectivity index (χ2v) is 8.21. The van der Waals surface area contributed by atoms with E-state index in [0.29, 0.717) is 15.7 Å². The molecule has 1 aliphatic rings. The van der Waals surface area contributed by atoms with E-state index < -0.39 is 17.7 Å². The number of anilines is 1. The first-order chi connectivity index (χ1) is 13.9. The van der Waals surface area contributed by atoms with Crippen molar-refractivity contribution in [3.8, 4) is 0 Å². The molecule has 146 valence electrons. The van der Waals surface area contributed by atoms with Crippen molar-refractivity contribution in [1.82, 2.24) is 10.2 Å². The Morgan fingerprint density at radius 2 is 1.52 bits per heavy atom. The summed E-state index contributed by atoms with van der Waals surface area (Å²) in [5.74, 6) is -1.65. The van der Waals surface area contributed by atoms with Gasteiger partial charge in [0, 0.05) is 5.56 Å². The number of rotatable bonds is 3. The van der Waals surface area contributed by atoms with E-state index in [-0.39, 0.29) is 11.3 Å². The van der Waals surface area contributed by atoms with Gasteiger partial charge in [-0.1, -0.05) is 71.0 Å². The quantitative estimate of drug-likeness (QED) is 0.403. The van der Waals surface area contributed by atoms with Gasteiger partial charge in [0.2, 0.25) is 5.13 Å². The van der Waals surface area contributed by atoms with Gasteiger partial charge in [0.25, 0.3) is 5.78 Å². The van der Waals surface area contributed by atoms with Gasteiger partial charge >= 0.3 is 5.91 Å². The summed E-state index contributed by atoms with van der Waals surface area (Å²) in [5, 5.41) is 20.1. The Morgan fingerprint density at radius 3 is 2.07 bits per heavy atom. The molecule has 1 fully saturated rings. The van der Waals surface area contributed by atoms with Crippen molar-refractivity contribution in [3.05, 3.63) is 81.4 Å². The maximum absolute atomic E-state index is 13.0. The molecule has 0 spiro atoms. The van der Waals surface area contributed by atoms with Crippen LogP contribution in [0.15, 0.2) is 54.1 Å². The van der Waals surface area contributed by atoms with Gasteiger partial charge in [-0.15, -0.1) is 10.2 Å². The van der Waals surface area contributed by atoms with E-state index in [1.807, 2.05) is 50.2 Å². The highest BCUT2D eigenvalue weighted by Gasteiger charge is 2.48. The van der Waals surface area contributed by atoms with Gasteiger partial charge in [0.15, 0.2) is 0 Å². The van der Waals surface area contributed by atoms with E-state index in [1.165, 1.54) is 16.2 Å². The summed E-state index contributed by atoms with van der Waals surface area (Å²) in [6.45, 7) is 5.68. The number of amides is 1. The van der Waals surface area contributed by atoms with E-state index in [0.717, 1.165) is 16.7 Å². The normalized spacial score (nSPS) is 18.4. The molecule has 1 amide bonds. The Labute approximate surface area is 172 Å². The van der Waals surface area contributed by atoms with E-state index >= 15 is 0 Å². The molecule has 0 aliphatic carbocycles. The third-order valence-electron chi connectivity index (χ3n) is 4.88. The monoisotopic (exact) mass is 405 g/mol. The maximum Gasteiger partial charge on any atom is 0.301 e. The molecule has 1 unspecified atom stereocenters. The van der Waals surface area contributed by atoms with Gasteiger partial charge in [-0.2, -0.15) is 0 Å². The lowest BCUT2D eigenvalue weighted by molar-refractivity contribution is -0.132. The van der Waals surface area contributed by atoms with E-state index in [1.54, 1.807) is 19.1 Å². The van der Waals surface area contributed by atoms with Crippen molar-refractivity contribution in [2.75, 3.05) is 4.90 Å². The van der Waals surface area contributed by atoms with Crippen molar-refractivity contribution in [1.29, 1.82) is 0 Å². The number of aromatic nitrogens is 2. The SMILES string of the molecule is Cc1ccc(C(O)=C2C(=O)C(=O)N(c3nnc(C)s3)C2c2ccc(C)cc2)cc1. The first-order valence-corrected chi connectivity index (χ1v) is 9.93. The predicted octanol–water partition coefficient (Wildman–Crippen LogP) is 4.09. The van der Waals surface area contributed by atoms with Crippen LogP contribution < -0.4 is 4.90 Å². The first kappa shape index (κ1) is 19.0. The summed E-state index contributed by atoms with van der Waals surface area (Å²) in [4.78, 5) is 27.2. The average molecular weight is 405 g/mol. The third kappa shape index (κ3) is 3.34. The smallest absolute Gasteiger partial charge is 0.301 e. The van der Waals surface area contributed by atoms with E-state index in [4.69, 9.17) is 0 Å². The molecule has 2 heterocycles. The minimum atomic E-state index is -0.774. The highest BCUT2D eigenvalue weighted by Crippen LogP contribution is 2.42. The summed E-state index contributed by atoms with van der Waals surface area (Å²) < 4.78 is 0. The van der Waals surface area contributed by atoms with E-state index in [9.17, 15) is 14.7 Å². The fourth-order valence-corrected chi connectivity index (χ4v) is 4.06. The van der Waals surface area contributed by atoms with Crippen molar-refractivity contribution in [2.24, 2.45) is 0 Å². The zero-order valence-corrected chi connectivity index (χ0v) is 17.0. The van der Waals surface area contributed by atoms with Crippen LogP contribution in [-0.4, -0.2) is 27.0 Å². The maximum atomic E-state index is 13.0. The van der Waals surface area contributed by atoms with Crippen molar-refractivity contribution in [3.63, 3.8) is 0 Å². The molecular weight excluding hydrogens is 386 g/mol. The Hall–Kier alpha value is -3.32. The second kappa shape index (κ2) is 7.25. The van der Waals surface area contributed by atoms with Crippen LogP contribution in [0.1, 0.15) is 33.3 Å². The molecule has 1 N–H and O–H groups in total. The van der Waals surface area contributed by atoms with Gasteiger partial charge in [-0.05, 0) is 26.3 Å². The largest absolute Gasteiger partial charge is 0.507 e. The molecule has 6 nitrogen and oxygen atoms in total. The summed E-state index contributed by atoms with van der Waals surface area (Å²) in [7, 11) is 0. The van der Waals surface area contributed by atoms with Crippen LogP contribution in [0.3, 0.4) is 0 Å². The summed E-state index contributed by atoms with van der Waals surface area (Å²) in [5.41, 5.74) is 3.34. The zero-order chi connectivity index (χ0) is 20.7. The topological polar surface area (TPSA) is 83.4 Å². The molecular formula is C22H19N3O3S. The number of carbonyl (C=O) groups excluding carboxylic acids is 2. The molecule has 0 saturated carbocycles. The van der Waals surface area contributed by atoms with Gasteiger partial charge in [0.1, 0.15) is 10.8 Å². The molecule has 1 aliphatic heterocycles. The Morgan fingerprint density at radius 1 is 0.931 bits per heavy atom. The van der Waals surface area contributed by atoms with Crippen LogP contribution in [0.2, 0.25) is 0 Å². The van der Waals surface area contributed by atoms with Gasteiger partial charge in [-0.25, -0.2) is 0 Å². The standard InChI is InChI=1S/C22H19N3O3S/c1-12-4-8-15(9-5-12)18-17(19(26)16-10-6-13(2)7-11-16)20(27)21(28)25(18)22-24-23-14(3)29-22/h4-11,18,26H,1-3H3. The van der Waals surface area contributed by atoms with Crippen molar-refractivity contribution in [2.45, 2.75) is 26.8 Å². The van der Waals surface area contributed by atoms with Crippen LogP contribution in [0, 0.1) is 20.8 Å². The van der Waals surface area contributed by atoms with Crippen molar-refractivity contribution >= 4 is 33.9 Å². The highest BCUT2D eigenvalue weighted by molar-refractivity contribution is 7.15. The number of ketones is 1. The van der Waals surface area contributed by atoms with Crippen LogP contribution in [0.4, 0.5) is 5.13 Å². The number of carbonyl (C=O) groups is 2. The molecule has 7 heteroatoms. The second-order valence-electron chi connectivity index (χ2n) is 7.05. The van der Waals surface area contributed by atoms with Crippen molar-refractivity contribution < 1.29 is 14.7 Å². The fraction of sp³-hybridized carbons (Fsp3) is 0.182. The number of aryl methyl sites for hydroxylation is 3. The van der Waals surface area contributed by atoms with Gasteiger partial charge in [-0.3, -0.25) is 14.5 Å². The Bertz CT molecular complexity index is 1130. The molecule has 0 radical (unpaired) electrons. The third-order valence-corrected chi connectivity index (χ3v) is 5.72. The Balaban J connectivity index is 1.93. The molecule has 1 aromatic heterocycles. The average Bonchev–Trinajstić information content (AvgIpc) is 3.24.